The summed E-state index contributed by atoms with van der Waals surface area (Å²) in [5.41, 5.74) is 12.1. The normalized spacial score (nSPS) is 12.0. The summed E-state index contributed by atoms with van der Waals surface area (Å²) in [4.78, 5) is 4.54. The van der Waals surface area contributed by atoms with Crippen molar-refractivity contribution in [1.29, 1.82) is 0 Å². The van der Waals surface area contributed by atoms with E-state index in [-0.39, 0.29) is 0 Å². The molecule has 0 bridgehead atoms. The topological polar surface area (TPSA) is 22.8 Å². The van der Waals surface area contributed by atoms with Crippen molar-refractivity contribution in [1.82, 2.24) is 14.1 Å². The molecule has 270 valence electrons. The molecule has 3 heterocycles. The molecule has 0 radical (unpaired) electrons. The number of rotatable bonds is 5. The number of fused-ring (bicyclic) bond motifs is 6. The third kappa shape index (κ3) is 5.48. The first kappa shape index (κ1) is 33.6. The monoisotopic (exact) mass is 733 g/mol. The van der Waals surface area contributed by atoms with E-state index < -0.39 is 11.7 Å². The fourth-order valence-corrected chi connectivity index (χ4v) is 8.39. The van der Waals surface area contributed by atoms with Gasteiger partial charge in [-0.15, -0.1) is 0 Å². The van der Waals surface area contributed by atoms with Crippen LogP contribution in [0.1, 0.15) is 16.7 Å². The van der Waals surface area contributed by atoms with Crippen molar-refractivity contribution in [3.05, 3.63) is 187 Å². The molecule has 0 saturated heterocycles. The fourth-order valence-electron chi connectivity index (χ4n) is 8.39. The van der Waals surface area contributed by atoms with Gasteiger partial charge in [0.15, 0.2) is 0 Å². The highest BCUT2D eigenvalue weighted by Crippen LogP contribution is 2.43. The molecule has 10 aromatic rings. The molecule has 10 rings (SSSR count). The van der Waals surface area contributed by atoms with E-state index in [2.05, 4.69) is 131 Å². The summed E-state index contributed by atoms with van der Waals surface area (Å²) in [5.74, 6) is 0. The van der Waals surface area contributed by atoms with Gasteiger partial charge in [-0.25, -0.2) is 0 Å². The second-order valence-electron chi connectivity index (χ2n) is 14.5. The van der Waals surface area contributed by atoms with E-state index in [1.54, 1.807) is 18.5 Å². The van der Waals surface area contributed by atoms with Crippen LogP contribution in [0.15, 0.2) is 170 Å². The first-order chi connectivity index (χ1) is 27.2. The Kier molecular flexibility index (Phi) is 7.72. The molecule has 3 aromatic heterocycles. The lowest BCUT2D eigenvalue weighted by Gasteiger charge is -2.20. The Hall–Kier alpha value is -6.92. The largest absolute Gasteiger partial charge is 0.416 e. The average Bonchev–Trinajstić information content (AvgIpc) is 3.72. The van der Waals surface area contributed by atoms with E-state index in [4.69, 9.17) is 0 Å². The first-order valence-electron chi connectivity index (χ1n) is 18.6. The highest BCUT2D eigenvalue weighted by atomic mass is 19.4. The molecule has 0 saturated carbocycles. The number of halogens is 3. The standard InChI is InChI=1S/C50H34F3N3/c1-31-9-7-11-33(25-31)35-17-20-46-40(27-35)38-13-3-5-15-44(38)55(46)48-22-19-37(50(51,52)53)29-42(48)43-30-54-24-23-49(43)56-45-16-6-4-14-39(45)41-28-36(18-21-47(41)56)34-12-8-10-32(2)26-34/h3-30H,1-2H3. The third-order valence-electron chi connectivity index (χ3n) is 10.9. The molecule has 0 aliphatic carbocycles. The number of pyridine rings is 1. The number of aromatic nitrogens is 3. The Labute approximate surface area is 321 Å². The van der Waals surface area contributed by atoms with Crippen molar-refractivity contribution in [2.24, 2.45) is 0 Å². The number of benzene rings is 7. The lowest BCUT2D eigenvalue weighted by molar-refractivity contribution is -0.137. The average molecular weight is 734 g/mol. The van der Waals surface area contributed by atoms with Gasteiger partial charge < -0.3 is 9.13 Å². The van der Waals surface area contributed by atoms with Crippen molar-refractivity contribution in [3.63, 3.8) is 0 Å². The van der Waals surface area contributed by atoms with Gasteiger partial charge in [-0.2, -0.15) is 13.2 Å². The molecule has 0 atom stereocenters. The van der Waals surface area contributed by atoms with Crippen molar-refractivity contribution in [2.75, 3.05) is 0 Å². The molecule has 3 nitrogen and oxygen atoms in total. The summed E-state index contributed by atoms with van der Waals surface area (Å²) >= 11 is 0. The molecular formula is C50H34F3N3. The summed E-state index contributed by atoms with van der Waals surface area (Å²) < 4.78 is 48.2. The van der Waals surface area contributed by atoms with Gasteiger partial charge in [0.05, 0.1) is 39.0 Å². The van der Waals surface area contributed by atoms with Crippen molar-refractivity contribution in [3.8, 4) is 44.8 Å². The number of alkyl halides is 3. The van der Waals surface area contributed by atoms with Gasteiger partial charge in [0, 0.05) is 45.1 Å². The van der Waals surface area contributed by atoms with Crippen LogP contribution >= 0.6 is 0 Å². The van der Waals surface area contributed by atoms with E-state index >= 15 is 0 Å². The molecule has 56 heavy (non-hydrogen) atoms. The van der Waals surface area contributed by atoms with Gasteiger partial charge >= 0.3 is 6.18 Å². The molecule has 6 heteroatoms. The Balaban J connectivity index is 1.24. The lowest BCUT2D eigenvalue weighted by atomic mass is 9.99. The summed E-state index contributed by atoms with van der Waals surface area (Å²) in [6.45, 7) is 4.16. The zero-order chi connectivity index (χ0) is 38.1. The zero-order valence-corrected chi connectivity index (χ0v) is 30.6. The molecule has 7 aromatic carbocycles. The molecule has 0 unspecified atom stereocenters. The molecule has 0 amide bonds. The number of aryl methyl sites for hydroxylation is 2. The minimum atomic E-state index is -4.56. The predicted molar refractivity (Wildman–Crippen MR) is 224 cm³/mol. The van der Waals surface area contributed by atoms with Gasteiger partial charge in [-0.1, -0.05) is 108 Å². The van der Waals surface area contributed by atoms with Gasteiger partial charge in [0.25, 0.3) is 0 Å². The Morgan fingerprint density at radius 2 is 0.929 bits per heavy atom. The number of para-hydroxylation sites is 2. The fraction of sp³-hybridized carbons (Fsp3) is 0.0600. The Bertz CT molecular complexity index is 3160. The highest BCUT2D eigenvalue weighted by Gasteiger charge is 2.32. The molecule has 0 spiro atoms. The zero-order valence-electron chi connectivity index (χ0n) is 30.6. The molecule has 0 fully saturated rings. The van der Waals surface area contributed by atoms with Gasteiger partial charge in [0.2, 0.25) is 0 Å². The van der Waals surface area contributed by atoms with E-state index in [0.717, 1.165) is 71.6 Å². The van der Waals surface area contributed by atoms with E-state index in [9.17, 15) is 13.2 Å². The van der Waals surface area contributed by atoms with E-state index in [1.807, 2.05) is 36.4 Å². The van der Waals surface area contributed by atoms with Crippen LogP contribution < -0.4 is 0 Å². The third-order valence-corrected chi connectivity index (χ3v) is 10.9. The van der Waals surface area contributed by atoms with E-state index in [1.165, 1.54) is 23.3 Å². The maximum atomic E-state index is 14.7. The molecule has 0 aliphatic heterocycles. The summed E-state index contributed by atoms with van der Waals surface area (Å²) in [7, 11) is 0. The number of nitrogens with zero attached hydrogens (tertiary/aromatic N) is 3. The summed E-state index contributed by atoms with van der Waals surface area (Å²) in [6, 6.07) is 51.9. The second kappa shape index (κ2) is 12.8. The Morgan fingerprint density at radius 1 is 0.429 bits per heavy atom. The predicted octanol–water partition coefficient (Wildman–Crippen LogP) is 13.9. The summed E-state index contributed by atoms with van der Waals surface area (Å²) in [6.07, 6.45) is -1.15. The Morgan fingerprint density at radius 3 is 1.46 bits per heavy atom. The van der Waals surface area contributed by atoms with E-state index in [0.29, 0.717) is 16.8 Å². The van der Waals surface area contributed by atoms with Gasteiger partial charge in [-0.05, 0) is 96.8 Å². The van der Waals surface area contributed by atoms with Gasteiger partial charge in [0.1, 0.15) is 0 Å². The van der Waals surface area contributed by atoms with Crippen LogP contribution in [0.25, 0.3) is 88.4 Å². The molecule has 0 aliphatic rings. The SMILES string of the molecule is Cc1cccc(-c2ccc3c(c2)c2ccccc2n3-c2ccncc2-c2cc(C(F)(F)F)ccc2-n2c3ccccc3c3cc(-c4cccc(C)c4)ccc32)c1. The van der Waals surface area contributed by atoms with Crippen molar-refractivity contribution in [2.45, 2.75) is 20.0 Å². The van der Waals surface area contributed by atoms with Gasteiger partial charge in [-0.3, -0.25) is 4.98 Å². The van der Waals surface area contributed by atoms with Crippen LogP contribution in [0.4, 0.5) is 13.2 Å². The highest BCUT2D eigenvalue weighted by molar-refractivity contribution is 6.12. The minimum absolute atomic E-state index is 0.427. The second-order valence-corrected chi connectivity index (χ2v) is 14.5. The van der Waals surface area contributed by atoms with Crippen LogP contribution in [0.2, 0.25) is 0 Å². The van der Waals surface area contributed by atoms with Crippen molar-refractivity contribution < 1.29 is 13.2 Å². The summed E-state index contributed by atoms with van der Waals surface area (Å²) in [5, 5.41) is 4.14. The quantitative estimate of drug-likeness (QED) is 0.173. The molecular weight excluding hydrogens is 700 g/mol. The van der Waals surface area contributed by atoms with Crippen LogP contribution in [-0.4, -0.2) is 14.1 Å². The van der Waals surface area contributed by atoms with Crippen molar-refractivity contribution >= 4 is 43.6 Å². The van der Waals surface area contributed by atoms with Crippen LogP contribution in [0.5, 0.6) is 0 Å². The molecule has 0 N–H and O–H groups in total. The van der Waals surface area contributed by atoms with Crippen LogP contribution in [-0.2, 0) is 6.18 Å². The number of hydrogen-bond acceptors (Lipinski definition) is 1. The number of hydrogen-bond donors (Lipinski definition) is 0. The van der Waals surface area contributed by atoms with Crippen LogP contribution in [0, 0.1) is 13.8 Å². The lowest BCUT2D eigenvalue weighted by Crippen LogP contribution is -2.08. The van der Waals surface area contributed by atoms with Crippen LogP contribution in [0.3, 0.4) is 0 Å². The maximum Gasteiger partial charge on any atom is 0.416 e. The maximum absolute atomic E-state index is 14.7. The smallest absolute Gasteiger partial charge is 0.309 e. The first-order valence-corrected chi connectivity index (χ1v) is 18.6. The minimum Gasteiger partial charge on any atom is -0.309 e.